The van der Waals surface area contributed by atoms with Crippen molar-refractivity contribution in [3.05, 3.63) is 35.9 Å². The van der Waals surface area contributed by atoms with E-state index < -0.39 is 0 Å². The number of terminal acetylenes is 1. The average molecular weight is 257 g/mol. The van der Waals surface area contributed by atoms with Gasteiger partial charge < -0.3 is 5.32 Å². The van der Waals surface area contributed by atoms with Gasteiger partial charge in [0.25, 0.3) is 0 Å². The van der Waals surface area contributed by atoms with Gasteiger partial charge in [-0.05, 0) is 31.4 Å². The molecule has 1 atom stereocenters. The highest BCUT2D eigenvalue weighted by molar-refractivity contribution is 5.25. The van der Waals surface area contributed by atoms with E-state index >= 15 is 0 Å². The van der Waals surface area contributed by atoms with E-state index in [1.54, 1.807) is 0 Å². The molecule has 0 saturated carbocycles. The van der Waals surface area contributed by atoms with Crippen molar-refractivity contribution in [2.75, 3.05) is 6.54 Å². The number of rotatable bonds is 8. The predicted octanol–water partition coefficient (Wildman–Crippen LogP) is 4.14. The van der Waals surface area contributed by atoms with Crippen molar-refractivity contribution < 1.29 is 0 Å². The Morgan fingerprint density at radius 1 is 1.26 bits per heavy atom. The highest BCUT2D eigenvalue weighted by atomic mass is 14.9. The summed E-state index contributed by atoms with van der Waals surface area (Å²) in [4.78, 5) is 0. The van der Waals surface area contributed by atoms with Crippen molar-refractivity contribution in [1.82, 2.24) is 5.32 Å². The van der Waals surface area contributed by atoms with Crippen LogP contribution in [-0.2, 0) is 5.41 Å². The minimum Gasteiger partial charge on any atom is -0.313 e. The maximum Gasteiger partial charge on any atom is 0.0159 e. The summed E-state index contributed by atoms with van der Waals surface area (Å²) in [6.07, 6.45) is 9.62. The van der Waals surface area contributed by atoms with Gasteiger partial charge in [-0.3, -0.25) is 0 Å². The second-order valence-electron chi connectivity index (χ2n) is 5.69. The molecule has 0 spiro atoms. The van der Waals surface area contributed by atoms with E-state index in [1.807, 2.05) is 0 Å². The van der Waals surface area contributed by atoms with Crippen LogP contribution in [0.25, 0.3) is 0 Å². The van der Waals surface area contributed by atoms with Crippen LogP contribution >= 0.6 is 0 Å². The third-order valence-electron chi connectivity index (χ3n) is 3.84. The molecule has 0 aromatic heterocycles. The molecule has 1 N–H and O–H groups in total. The zero-order chi connectivity index (χ0) is 14.1. The first-order valence-corrected chi connectivity index (χ1v) is 7.35. The molecule has 0 amide bonds. The Morgan fingerprint density at radius 2 is 1.95 bits per heavy atom. The predicted molar refractivity (Wildman–Crippen MR) is 84.2 cm³/mol. The Hall–Kier alpha value is -1.26. The first-order valence-electron chi connectivity index (χ1n) is 7.35. The lowest BCUT2D eigenvalue weighted by Crippen LogP contribution is -2.45. The fourth-order valence-electron chi connectivity index (χ4n) is 2.51. The summed E-state index contributed by atoms with van der Waals surface area (Å²) in [7, 11) is 0. The fraction of sp³-hybridized carbons (Fsp3) is 0.556. The normalized spacial score (nSPS) is 12.9. The molecular formula is C18H27N. The van der Waals surface area contributed by atoms with Crippen LogP contribution in [0.2, 0.25) is 0 Å². The van der Waals surface area contributed by atoms with Gasteiger partial charge in [0.05, 0.1) is 0 Å². The second kappa shape index (κ2) is 8.02. The van der Waals surface area contributed by atoms with Gasteiger partial charge in [0, 0.05) is 17.9 Å². The zero-order valence-electron chi connectivity index (χ0n) is 12.6. The SMILES string of the molecule is C#CCCCC(NCCC)C(C)(C)c1ccccc1. The molecule has 0 bridgehead atoms. The van der Waals surface area contributed by atoms with Gasteiger partial charge in [-0.15, -0.1) is 12.3 Å². The van der Waals surface area contributed by atoms with E-state index in [4.69, 9.17) is 6.42 Å². The van der Waals surface area contributed by atoms with Crippen LogP contribution in [0.3, 0.4) is 0 Å². The summed E-state index contributed by atoms with van der Waals surface area (Å²) < 4.78 is 0. The average Bonchev–Trinajstić information content (AvgIpc) is 2.43. The van der Waals surface area contributed by atoms with Gasteiger partial charge in [-0.2, -0.15) is 0 Å². The molecule has 0 heterocycles. The minimum atomic E-state index is 0.130. The van der Waals surface area contributed by atoms with E-state index in [2.05, 4.69) is 62.3 Å². The van der Waals surface area contributed by atoms with Crippen LogP contribution in [0.1, 0.15) is 52.0 Å². The molecule has 1 rings (SSSR count). The maximum absolute atomic E-state index is 5.36. The molecule has 0 aliphatic carbocycles. The van der Waals surface area contributed by atoms with Crippen molar-refractivity contribution in [3.63, 3.8) is 0 Å². The van der Waals surface area contributed by atoms with E-state index in [0.717, 1.165) is 32.2 Å². The van der Waals surface area contributed by atoms with Crippen LogP contribution in [0.15, 0.2) is 30.3 Å². The van der Waals surface area contributed by atoms with Crippen molar-refractivity contribution in [3.8, 4) is 12.3 Å². The smallest absolute Gasteiger partial charge is 0.0159 e. The molecule has 1 unspecified atom stereocenters. The van der Waals surface area contributed by atoms with E-state index in [-0.39, 0.29) is 5.41 Å². The molecule has 1 aromatic rings. The lowest BCUT2D eigenvalue weighted by Gasteiger charge is -2.36. The Morgan fingerprint density at radius 3 is 2.53 bits per heavy atom. The summed E-state index contributed by atoms with van der Waals surface area (Å²) in [6, 6.07) is 11.2. The molecule has 19 heavy (non-hydrogen) atoms. The van der Waals surface area contributed by atoms with Gasteiger partial charge in [0.15, 0.2) is 0 Å². The summed E-state index contributed by atoms with van der Waals surface area (Å²) in [5.74, 6) is 2.74. The fourth-order valence-corrected chi connectivity index (χ4v) is 2.51. The van der Waals surface area contributed by atoms with Crippen LogP contribution < -0.4 is 5.32 Å². The molecule has 0 radical (unpaired) electrons. The molecular weight excluding hydrogens is 230 g/mol. The van der Waals surface area contributed by atoms with Gasteiger partial charge >= 0.3 is 0 Å². The number of nitrogens with one attached hydrogen (secondary N) is 1. The lowest BCUT2D eigenvalue weighted by molar-refractivity contribution is 0.318. The topological polar surface area (TPSA) is 12.0 Å². The Kier molecular flexibility index (Phi) is 6.67. The van der Waals surface area contributed by atoms with Crippen LogP contribution in [0, 0.1) is 12.3 Å². The quantitative estimate of drug-likeness (QED) is 0.545. The molecule has 0 aliphatic heterocycles. The standard InChI is InChI=1S/C18H27N/c1-5-7-9-14-17(19-15-6-2)18(3,4)16-12-10-8-11-13-16/h1,8,10-13,17,19H,6-7,9,14-15H2,2-4H3. The van der Waals surface area contributed by atoms with Crippen molar-refractivity contribution in [2.24, 2.45) is 0 Å². The minimum absolute atomic E-state index is 0.130. The zero-order valence-corrected chi connectivity index (χ0v) is 12.6. The first-order chi connectivity index (χ1) is 9.12. The number of unbranched alkanes of at least 4 members (excludes halogenated alkanes) is 1. The molecule has 0 aliphatic rings. The summed E-state index contributed by atoms with van der Waals surface area (Å²) >= 11 is 0. The molecule has 1 aromatic carbocycles. The highest BCUT2D eigenvalue weighted by Gasteiger charge is 2.30. The monoisotopic (exact) mass is 257 g/mol. The molecule has 0 saturated heterocycles. The van der Waals surface area contributed by atoms with Gasteiger partial charge in [-0.1, -0.05) is 51.1 Å². The third-order valence-corrected chi connectivity index (χ3v) is 3.84. The van der Waals surface area contributed by atoms with Gasteiger partial charge in [0.2, 0.25) is 0 Å². The molecule has 1 heteroatoms. The summed E-state index contributed by atoms with van der Waals surface area (Å²) in [5.41, 5.74) is 1.52. The highest BCUT2D eigenvalue weighted by Crippen LogP contribution is 2.29. The van der Waals surface area contributed by atoms with Crippen LogP contribution in [-0.4, -0.2) is 12.6 Å². The Labute approximate surface area is 118 Å². The van der Waals surface area contributed by atoms with Crippen LogP contribution in [0.4, 0.5) is 0 Å². The summed E-state index contributed by atoms with van der Waals surface area (Å²) in [6.45, 7) is 7.93. The summed E-state index contributed by atoms with van der Waals surface area (Å²) in [5, 5.41) is 3.70. The number of hydrogen-bond acceptors (Lipinski definition) is 1. The lowest BCUT2D eigenvalue weighted by atomic mass is 9.76. The second-order valence-corrected chi connectivity index (χ2v) is 5.69. The molecule has 104 valence electrons. The van der Waals surface area contributed by atoms with Crippen molar-refractivity contribution >= 4 is 0 Å². The van der Waals surface area contributed by atoms with Gasteiger partial charge in [-0.25, -0.2) is 0 Å². The van der Waals surface area contributed by atoms with Crippen LogP contribution in [0.5, 0.6) is 0 Å². The number of hydrogen-bond donors (Lipinski definition) is 1. The molecule has 0 fully saturated rings. The van der Waals surface area contributed by atoms with E-state index in [1.165, 1.54) is 5.56 Å². The Balaban J connectivity index is 2.79. The molecule has 1 nitrogen and oxygen atoms in total. The van der Waals surface area contributed by atoms with Crippen molar-refractivity contribution in [2.45, 2.75) is 57.9 Å². The van der Waals surface area contributed by atoms with E-state index in [0.29, 0.717) is 6.04 Å². The number of benzene rings is 1. The third kappa shape index (κ3) is 4.73. The van der Waals surface area contributed by atoms with Crippen molar-refractivity contribution in [1.29, 1.82) is 0 Å². The Bertz CT molecular complexity index is 386. The van der Waals surface area contributed by atoms with Gasteiger partial charge in [0.1, 0.15) is 0 Å². The largest absolute Gasteiger partial charge is 0.313 e. The maximum atomic E-state index is 5.36. The first kappa shape index (κ1) is 15.8. The van der Waals surface area contributed by atoms with E-state index in [9.17, 15) is 0 Å².